The van der Waals surface area contributed by atoms with Crippen molar-refractivity contribution in [2.24, 2.45) is 17.6 Å². The van der Waals surface area contributed by atoms with Crippen molar-refractivity contribution < 1.29 is 4.79 Å². The Morgan fingerprint density at radius 1 is 1.53 bits per heavy atom. The van der Waals surface area contributed by atoms with Crippen molar-refractivity contribution in [3.8, 4) is 0 Å². The maximum absolute atomic E-state index is 12.2. The zero-order valence-corrected chi connectivity index (χ0v) is 12.7. The van der Waals surface area contributed by atoms with Crippen LogP contribution in [0.4, 0.5) is 0 Å². The molecule has 1 amide bonds. The van der Waals surface area contributed by atoms with Gasteiger partial charge in [0.05, 0.1) is 0 Å². The zero-order chi connectivity index (χ0) is 13.8. The molecule has 0 aromatic carbocycles. The minimum absolute atomic E-state index is 0.133. The summed E-state index contributed by atoms with van der Waals surface area (Å²) in [6, 6.07) is 2.30. The second-order valence-electron chi connectivity index (χ2n) is 6.09. The summed E-state index contributed by atoms with van der Waals surface area (Å²) in [6.07, 6.45) is 2.71. The molecule has 1 aromatic rings. The van der Waals surface area contributed by atoms with Gasteiger partial charge in [-0.25, -0.2) is 0 Å². The van der Waals surface area contributed by atoms with Crippen LogP contribution < -0.4 is 5.73 Å². The summed E-state index contributed by atoms with van der Waals surface area (Å²) >= 11 is 1.73. The average molecular weight is 280 g/mol. The minimum Gasteiger partial charge on any atom is -0.341 e. The largest absolute Gasteiger partial charge is 0.341 e. The van der Waals surface area contributed by atoms with E-state index in [1.807, 2.05) is 4.90 Å². The van der Waals surface area contributed by atoms with E-state index in [1.54, 1.807) is 11.3 Å². The quantitative estimate of drug-likeness (QED) is 0.921. The van der Waals surface area contributed by atoms with Crippen LogP contribution >= 0.6 is 11.3 Å². The van der Waals surface area contributed by atoms with Gasteiger partial charge in [0.25, 0.3) is 0 Å². The molecule has 1 fully saturated rings. The Balaban J connectivity index is 1.93. The van der Waals surface area contributed by atoms with Crippen LogP contribution in [0.25, 0.3) is 0 Å². The maximum Gasteiger partial charge on any atom is 0.222 e. The molecule has 1 aliphatic rings. The lowest BCUT2D eigenvalue weighted by atomic mass is 9.89. The standard InChI is InChI=1S/C15H24N2OS/c1-11(2)5-15(18)17-8-13(7-14(16)9-17)6-12-3-4-19-10-12/h3-4,10-11,13-14H,5-9,16H2,1-2H3. The SMILES string of the molecule is CC(C)CC(=O)N1CC(N)CC(Cc2ccsc2)C1. The molecule has 2 unspecified atom stereocenters. The molecule has 2 atom stereocenters. The van der Waals surface area contributed by atoms with Crippen LogP contribution in [-0.4, -0.2) is 29.9 Å². The third kappa shape index (κ3) is 4.32. The number of carbonyl (C=O) groups excluding carboxylic acids is 1. The van der Waals surface area contributed by atoms with E-state index in [1.165, 1.54) is 5.56 Å². The molecule has 0 aliphatic carbocycles. The molecule has 3 nitrogen and oxygen atoms in total. The van der Waals surface area contributed by atoms with E-state index in [0.717, 1.165) is 25.9 Å². The van der Waals surface area contributed by atoms with Gasteiger partial charge >= 0.3 is 0 Å². The van der Waals surface area contributed by atoms with Crippen molar-refractivity contribution in [2.75, 3.05) is 13.1 Å². The second-order valence-corrected chi connectivity index (χ2v) is 6.87. The van der Waals surface area contributed by atoms with Crippen molar-refractivity contribution in [1.82, 2.24) is 4.90 Å². The lowest BCUT2D eigenvalue weighted by molar-refractivity contribution is -0.134. The van der Waals surface area contributed by atoms with Crippen LogP contribution in [0.1, 0.15) is 32.3 Å². The summed E-state index contributed by atoms with van der Waals surface area (Å²) in [5.41, 5.74) is 7.50. The predicted octanol–water partition coefficient (Wildman–Crippen LogP) is 2.51. The molecule has 2 rings (SSSR count). The lowest BCUT2D eigenvalue weighted by Crippen LogP contribution is -2.50. The summed E-state index contributed by atoms with van der Waals surface area (Å²) in [5.74, 6) is 1.19. The molecule has 0 spiro atoms. The highest BCUT2D eigenvalue weighted by Gasteiger charge is 2.28. The Kier molecular flexibility index (Phi) is 4.99. The van der Waals surface area contributed by atoms with Gasteiger partial charge < -0.3 is 10.6 Å². The fourth-order valence-electron chi connectivity index (χ4n) is 2.82. The number of hydrogen-bond donors (Lipinski definition) is 1. The number of amides is 1. The Bertz CT molecular complexity index is 402. The number of carbonyl (C=O) groups is 1. The number of thiophene rings is 1. The van der Waals surface area contributed by atoms with E-state index in [2.05, 4.69) is 30.7 Å². The lowest BCUT2D eigenvalue weighted by Gasteiger charge is -2.36. The van der Waals surface area contributed by atoms with Crippen molar-refractivity contribution in [3.05, 3.63) is 22.4 Å². The van der Waals surface area contributed by atoms with Crippen LogP contribution in [0.2, 0.25) is 0 Å². The van der Waals surface area contributed by atoms with E-state index >= 15 is 0 Å². The summed E-state index contributed by atoms with van der Waals surface area (Å²) < 4.78 is 0. The smallest absolute Gasteiger partial charge is 0.222 e. The summed E-state index contributed by atoms with van der Waals surface area (Å²) in [6.45, 7) is 5.77. The first-order valence-corrected chi connectivity index (χ1v) is 8.03. The molecule has 0 saturated carbocycles. The van der Waals surface area contributed by atoms with Crippen LogP contribution in [0.3, 0.4) is 0 Å². The monoisotopic (exact) mass is 280 g/mol. The first kappa shape index (κ1) is 14.5. The van der Waals surface area contributed by atoms with Crippen molar-refractivity contribution >= 4 is 17.2 Å². The third-order valence-electron chi connectivity index (χ3n) is 3.61. The highest BCUT2D eigenvalue weighted by molar-refractivity contribution is 7.07. The van der Waals surface area contributed by atoms with Gasteiger partial charge in [-0.3, -0.25) is 4.79 Å². The van der Waals surface area contributed by atoms with Gasteiger partial charge in [0.15, 0.2) is 0 Å². The van der Waals surface area contributed by atoms with Crippen molar-refractivity contribution in [1.29, 1.82) is 0 Å². The van der Waals surface area contributed by atoms with E-state index < -0.39 is 0 Å². The number of piperidine rings is 1. The van der Waals surface area contributed by atoms with Crippen molar-refractivity contribution in [3.63, 3.8) is 0 Å². The van der Waals surface area contributed by atoms with Crippen LogP contribution in [0.5, 0.6) is 0 Å². The molecule has 4 heteroatoms. The number of rotatable bonds is 4. The Labute approximate surface area is 119 Å². The molecule has 1 aliphatic heterocycles. The van der Waals surface area contributed by atoms with E-state index in [9.17, 15) is 4.79 Å². The third-order valence-corrected chi connectivity index (χ3v) is 4.34. The van der Waals surface area contributed by atoms with Gasteiger partial charge in [0.1, 0.15) is 0 Å². The zero-order valence-electron chi connectivity index (χ0n) is 11.8. The van der Waals surface area contributed by atoms with Crippen LogP contribution in [0.15, 0.2) is 16.8 Å². The highest BCUT2D eigenvalue weighted by Crippen LogP contribution is 2.22. The fourth-order valence-corrected chi connectivity index (χ4v) is 3.50. The van der Waals surface area contributed by atoms with Gasteiger partial charge in [-0.2, -0.15) is 11.3 Å². The molecule has 1 saturated heterocycles. The Hall–Kier alpha value is -0.870. The maximum atomic E-state index is 12.2. The summed E-state index contributed by atoms with van der Waals surface area (Å²) in [7, 11) is 0. The Morgan fingerprint density at radius 3 is 2.95 bits per heavy atom. The second kappa shape index (κ2) is 6.53. The summed E-state index contributed by atoms with van der Waals surface area (Å²) in [4.78, 5) is 14.2. The normalized spacial score (nSPS) is 23.9. The number of likely N-dealkylation sites (tertiary alicyclic amines) is 1. The molecular weight excluding hydrogens is 256 g/mol. The first-order chi connectivity index (χ1) is 9.04. The first-order valence-electron chi connectivity index (χ1n) is 7.09. The number of hydrogen-bond acceptors (Lipinski definition) is 3. The minimum atomic E-state index is 0.133. The molecule has 2 heterocycles. The van der Waals surface area contributed by atoms with Gasteiger partial charge in [0, 0.05) is 25.6 Å². The molecule has 0 bridgehead atoms. The predicted molar refractivity (Wildman–Crippen MR) is 80.1 cm³/mol. The van der Waals surface area contributed by atoms with Gasteiger partial charge in [-0.05, 0) is 47.1 Å². The highest BCUT2D eigenvalue weighted by atomic mass is 32.1. The van der Waals surface area contributed by atoms with Gasteiger partial charge in [0.2, 0.25) is 5.91 Å². The van der Waals surface area contributed by atoms with E-state index in [0.29, 0.717) is 18.3 Å². The van der Waals surface area contributed by atoms with E-state index in [4.69, 9.17) is 5.73 Å². The Morgan fingerprint density at radius 2 is 2.32 bits per heavy atom. The van der Waals surface area contributed by atoms with Crippen molar-refractivity contribution in [2.45, 2.75) is 39.2 Å². The van der Waals surface area contributed by atoms with Gasteiger partial charge in [-0.1, -0.05) is 13.8 Å². The van der Waals surface area contributed by atoms with Crippen LogP contribution in [-0.2, 0) is 11.2 Å². The molecule has 0 radical (unpaired) electrons. The summed E-state index contributed by atoms with van der Waals surface area (Å²) in [5, 5.41) is 4.31. The van der Waals surface area contributed by atoms with Gasteiger partial charge in [-0.15, -0.1) is 0 Å². The van der Waals surface area contributed by atoms with E-state index in [-0.39, 0.29) is 11.9 Å². The molecule has 106 valence electrons. The number of nitrogens with two attached hydrogens (primary N) is 1. The molecular formula is C15H24N2OS. The molecule has 2 N–H and O–H groups in total. The van der Waals surface area contributed by atoms with Crippen LogP contribution in [0, 0.1) is 11.8 Å². The molecule has 1 aromatic heterocycles. The topological polar surface area (TPSA) is 46.3 Å². The average Bonchev–Trinajstić information content (AvgIpc) is 2.80. The fraction of sp³-hybridized carbons (Fsp3) is 0.667. The molecule has 19 heavy (non-hydrogen) atoms. The number of nitrogens with zero attached hydrogens (tertiary/aromatic N) is 1.